The number of carbonyl (C=O) groups is 1. The summed E-state index contributed by atoms with van der Waals surface area (Å²) < 4.78 is 1.90. The molecule has 4 nitrogen and oxygen atoms in total. The molecule has 0 aliphatic rings. The van der Waals surface area contributed by atoms with Crippen molar-refractivity contribution in [3.63, 3.8) is 0 Å². The molecule has 0 spiro atoms. The number of primary amides is 1. The monoisotopic (exact) mass is 175 g/mol. The lowest BCUT2D eigenvalue weighted by Crippen LogP contribution is -2.11. The Morgan fingerprint density at radius 1 is 1.54 bits per heavy atom. The van der Waals surface area contributed by atoms with E-state index in [-0.39, 0.29) is 0 Å². The molecule has 2 N–H and O–H groups in total. The van der Waals surface area contributed by atoms with Gasteiger partial charge in [0.05, 0.1) is 17.3 Å². The fraction of sp³-hybridized carbons (Fsp3) is 0.111. The molecule has 0 bridgehead atoms. The van der Waals surface area contributed by atoms with Crippen molar-refractivity contribution in [2.75, 3.05) is 0 Å². The average molecular weight is 175 g/mol. The van der Waals surface area contributed by atoms with Crippen LogP contribution in [0.25, 0.3) is 10.9 Å². The standard InChI is InChI=1S/C9H9N3O/c1-12-3-2-6-7(9(10)13)4-11-5-8(6)12/h2-5H,1H3,(H2,10,13). The maximum Gasteiger partial charge on any atom is 0.250 e. The minimum atomic E-state index is -0.440. The number of pyridine rings is 1. The summed E-state index contributed by atoms with van der Waals surface area (Å²) in [6.45, 7) is 0. The lowest BCUT2D eigenvalue weighted by atomic mass is 10.2. The van der Waals surface area contributed by atoms with E-state index >= 15 is 0 Å². The molecule has 0 aromatic carbocycles. The van der Waals surface area contributed by atoms with Gasteiger partial charge in [-0.15, -0.1) is 0 Å². The van der Waals surface area contributed by atoms with Crippen LogP contribution in [0.1, 0.15) is 10.4 Å². The lowest BCUT2D eigenvalue weighted by Gasteiger charge is -1.98. The second-order valence-corrected chi connectivity index (χ2v) is 2.91. The Morgan fingerprint density at radius 2 is 2.31 bits per heavy atom. The molecular formula is C9H9N3O. The van der Waals surface area contributed by atoms with Crippen LogP contribution in [-0.2, 0) is 7.05 Å². The molecule has 0 unspecified atom stereocenters. The zero-order valence-electron chi connectivity index (χ0n) is 7.19. The summed E-state index contributed by atoms with van der Waals surface area (Å²) in [5, 5.41) is 0.852. The first kappa shape index (κ1) is 7.79. The van der Waals surface area contributed by atoms with Crippen LogP contribution in [0.3, 0.4) is 0 Å². The van der Waals surface area contributed by atoms with Crippen LogP contribution in [0.15, 0.2) is 24.7 Å². The molecule has 2 heterocycles. The van der Waals surface area contributed by atoms with E-state index in [0.717, 1.165) is 10.9 Å². The zero-order chi connectivity index (χ0) is 9.42. The molecule has 4 heteroatoms. The second kappa shape index (κ2) is 2.58. The lowest BCUT2D eigenvalue weighted by molar-refractivity contribution is 0.100. The largest absolute Gasteiger partial charge is 0.366 e. The summed E-state index contributed by atoms with van der Waals surface area (Å²) in [5.41, 5.74) is 6.58. The fourth-order valence-corrected chi connectivity index (χ4v) is 1.38. The molecule has 0 fully saturated rings. The molecule has 2 rings (SSSR count). The van der Waals surface area contributed by atoms with E-state index in [0.29, 0.717) is 5.56 Å². The number of amides is 1. The molecule has 0 aliphatic carbocycles. The number of carbonyl (C=O) groups excluding carboxylic acids is 1. The van der Waals surface area contributed by atoms with Gasteiger partial charge in [0.1, 0.15) is 0 Å². The normalized spacial score (nSPS) is 10.5. The summed E-state index contributed by atoms with van der Waals surface area (Å²) in [4.78, 5) is 14.9. The fourth-order valence-electron chi connectivity index (χ4n) is 1.38. The Labute approximate surface area is 75.0 Å². The van der Waals surface area contributed by atoms with Crippen molar-refractivity contribution in [2.24, 2.45) is 12.8 Å². The van der Waals surface area contributed by atoms with Crippen molar-refractivity contribution in [1.82, 2.24) is 9.55 Å². The Morgan fingerprint density at radius 3 is 3.00 bits per heavy atom. The molecule has 2 aromatic rings. The number of hydrogen-bond acceptors (Lipinski definition) is 2. The van der Waals surface area contributed by atoms with Crippen LogP contribution in [0, 0.1) is 0 Å². The summed E-state index contributed by atoms with van der Waals surface area (Å²) in [7, 11) is 1.90. The highest BCUT2D eigenvalue weighted by Crippen LogP contribution is 2.17. The number of fused-ring (bicyclic) bond motifs is 1. The van der Waals surface area contributed by atoms with Gasteiger partial charge >= 0.3 is 0 Å². The zero-order valence-corrected chi connectivity index (χ0v) is 7.19. The molecule has 13 heavy (non-hydrogen) atoms. The summed E-state index contributed by atoms with van der Waals surface area (Å²) in [5.74, 6) is -0.440. The summed E-state index contributed by atoms with van der Waals surface area (Å²) in [6.07, 6.45) is 5.07. The van der Waals surface area contributed by atoms with Crippen molar-refractivity contribution < 1.29 is 4.79 Å². The summed E-state index contributed by atoms with van der Waals surface area (Å²) in [6, 6.07) is 1.86. The van der Waals surface area contributed by atoms with E-state index in [1.54, 1.807) is 6.20 Å². The Hall–Kier alpha value is -1.84. The Balaban J connectivity index is 2.84. The smallest absolute Gasteiger partial charge is 0.250 e. The SMILES string of the molecule is Cn1ccc2c(C(N)=O)cncc21. The van der Waals surface area contributed by atoms with Gasteiger partial charge < -0.3 is 10.3 Å². The molecular weight excluding hydrogens is 166 g/mol. The Bertz CT molecular complexity index is 473. The van der Waals surface area contributed by atoms with Crippen LogP contribution in [0.2, 0.25) is 0 Å². The van der Waals surface area contributed by atoms with Gasteiger partial charge in [-0.3, -0.25) is 9.78 Å². The van der Waals surface area contributed by atoms with Crippen LogP contribution in [0.5, 0.6) is 0 Å². The van der Waals surface area contributed by atoms with Gasteiger partial charge in [0.2, 0.25) is 0 Å². The molecule has 0 radical (unpaired) electrons. The second-order valence-electron chi connectivity index (χ2n) is 2.91. The number of hydrogen-bond donors (Lipinski definition) is 1. The van der Waals surface area contributed by atoms with Gasteiger partial charge in [0.25, 0.3) is 5.91 Å². The van der Waals surface area contributed by atoms with Gasteiger partial charge in [-0.05, 0) is 6.07 Å². The predicted octanol–water partition coefficient (Wildman–Crippen LogP) is 0.672. The van der Waals surface area contributed by atoms with Gasteiger partial charge in [0.15, 0.2) is 0 Å². The molecule has 66 valence electrons. The van der Waals surface area contributed by atoms with Crippen molar-refractivity contribution >= 4 is 16.8 Å². The van der Waals surface area contributed by atoms with E-state index in [9.17, 15) is 4.79 Å². The molecule has 0 atom stereocenters. The van der Waals surface area contributed by atoms with Crippen LogP contribution in [0.4, 0.5) is 0 Å². The molecule has 1 amide bonds. The third-order valence-corrected chi connectivity index (χ3v) is 2.08. The van der Waals surface area contributed by atoms with Gasteiger partial charge in [-0.25, -0.2) is 0 Å². The Kier molecular flexibility index (Phi) is 1.55. The number of nitrogens with zero attached hydrogens (tertiary/aromatic N) is 2. The van der Waals surface area contributed by atoms with E-state index in [1.807, 2.05) is 23.9 Å². The quantitative estimate of drug-likeness (QED) is 0.692. The third kappa shape index (κ3) is 1.07. The number of nitrogens with two attached hydrogens (primary N) is 1. The van der Waals surface area contributed by atoms with Crippen molar-refractivity contribution in [1.29, 1.82) is 0 Å². The van der Waals surface area contributed by atoms with Crippen molar-refractivity contribution in [3.8, 4) is 0 Å². The first-order valence-corrected chi connectivity index (χ1v) is 3.89. The van der Waals surface area contributed by atoms with E-state index in [4.69, 9.17) is 5.73 Å². The topological polar surface area (TPSA) is 60.9 Å². The third-order valence-electron chi connectivity index (χ3n) is 2.08. The minimum Gasteiger partial charge on any atom is -0.366 e. The minimum absolute atomic E-state index is 0.440. The average Bonchev–Trinajstić information content (AvgIpc) is 2.48. The van der Waals surface area contributed by atoms with Crippen LogP contribution < -0.4 is 5.73 Å². The highest BCUT2D eigenvalue weighted by atomic mass is 16.1. The van der Waals surface area contributed by atoms with E-state index < -0.39 is 5.91 Å². The molecule has 0 aliphatic heterocycles. The highest BCUT2D eigenvalue weighted by molar-refractivity contribution is 6.05. The van der Waals surface area contributed by atoms with Crippen LogP contribution >= 0.6 is 0 Å². The molecule has 0 saturated heterocycles. The van der Waals surface area contributed by atoms with E-state index in [2.05, 4.69) is 4.98 Å². The van der Waals surface area contributed by atoms with Gasteiger partial charge in [0, 0.05) is 24.8 Å². The number of aromatic nitrogens is 2. The molecule has 0 saturated carbocycles. The highest BCUT2D eigenvalue weighted by Gasteiger charge is 2.07. The van der Waals surface area contributed by atoms with Gasteiger partial charge in [-0.2, -0.15) is 0 Å². The van der Waals surface area contributed by atoms with Crippen LogP contribution in [-0.4, -0.2) is 15.5 Å². The predicted molar refractivity (Wildman–Crippen MR) is 49.2 cm³/mol. The van der Waals surface area contributed by atoms with Gasteiger partial charge in [-0.1, -0.05) is 0 Å². The first-order chi connectivity index (χ1) is 6.20. The summed E-state index contributed by atoms with van der Waals surface area (Å²) >= 11 is 0. The number of aryl methyl sites for hydroxylation is 1. The van der Waals surface area contributed by atoms with Crippen molar-refractivity contribution in [2.45, 2.75) is 0 Å². The molecule has 2 aromatic heterocycles. The maximum absolute atomic E-state index is 11.0. The van der Waals surface area contributed by atoms with E-state index in [1.165, 1.54) is 6.20 Å². The maximum atomic E-state index is 11.0. The van der Waals surface area contributed by atoms with Crippen molar-refractivity contribution in [3.05, 3.63) is 30.2 Å². The first-order valence-electron chi connectivity index (χ1n) is 3.89. The number of rotatable bonds is 1.